The number of carbonyl (C=O) groups is 1. The van der Waals surface area contributed by atoms with Gasteiger partial charge >= 0.3 is 0 Å². The summed E-state index contributed by atoms with van der Waals surface area (Å²) in [4.78, 5) is 18.0. The number of thiazole rings is 1. The molecule has 1 N–H and O–H groups in total. The van der Waals surface area contributed by atoms with Crippen LogP contribution < -0.4 is 5.32 Å². The van der Waals surface area contributed by atoms with E-state index in [1.54, 1.807) is 11.8 Å². The van der Waals surface area contributed by atoms with Crippen molar-refractivity contribution in [3.8, 4) is 11.3 Å². The summed E-state index contributed by atoms with van der Waals surface area (Å²) < 4.78 is 0. The average Bonchev–Trinajstić information content (AvgIpc) is 3.17. The molecule has 3 nitrogen and oxygen atoms in total. The van der Waals surface area contributed by atoms with Gasteiger partial charge in [0.1, 0.15) is 0 Å². The quantitative estimate of drug-likeness (QED) is 0.378. The number of nitrogens with one attached hydrogen (secondary N) is 1. The summed E-state index contributed by atoms with van der Waals surface area (Å²) in [5.74, 6) is 0.747. The molecule has 3 aromatic carbocycles. The van der Waals surface area contributed by atoms with E-state index in [4.69, 9.17) is 0 Å². The Morgan fingerprint density at radius 2 is 1.82 bits per heavy atom. The fourth-order valence-corrected chi connectivity index (χ4v) is 4.48. The molecule has 0 aliphatic heterocycles. The maximum absolute atomic E-state index is 12.2. The zero-order valence-corrected chi connectivity index (χ0v) is 17.1. The van der Waals surface area contributed by atoms with Crippen LogP contribution in [0.3, 0.4) is 0 Å². The molecule has 1 aromatic heterocycles. The van der Waals surface area contributed by atoms with Crippen molar-refractivity contribution in [1.82, 2.24) is 4.98 Å². The van der Waals surface area contributed by atoms with Crippen molar-refractivity contribution in [3.63, 3.8) is 0 Å². The molecule has 0 aliphatic carbocycles. The molecule has 0 atom stereocenters. The zero-order chi connectivity index (χ0) is 19.3. The lowest BCUT2D eigenvalue weighted by Crippen LogP contribution is -2.11. The molecular weight excluding hydrogens is 384 g/mol. The second kappa shape index (κ2) is 8.59. The number of nitrogens with zero attached hydrogens (tertiary/aromatic N) is 1. The Hall–Kier alpha value is -2.63. The molecule has 4 rings (SSSR count). The van der Waals surface area contributed by atoms with Crippen molar-refractivity contribution in [1.29, 1.82) is 0 Å². The highest BCUT2D eigenvalue weighted by Gasteiger charge is 2.09. The van der Waals surface area contributed by atoms with E-state index in [1.807, 2.05) is 17.5 Å². The lowest BCUT2D eigenvalue weighted by molar-refractivity contribution is -0.115. The van der Waals surface area contributed by atoms with Gasteiger partial charge in [-0.15, -0.1) is 23.1 Å². The summed E-state index contributed by atoms with van der Waals surface area (Å²) in [7, 11) is 0. The Morgan fingerprint density at radius 3 is 2.64 bits per heavy atom. The van der Waals surface area contributed by atoms with Crippen LogP contribution >= 0.6 is 23.1 Å². The SMILES string of the molecule is Cc1ccc(SCCC(=O)Nc2nc(-c3ccc4ccccc4c3)cs2)cc1. The van der Waals surface area contributed by atoms with Crippen LogP contribution in [0.1, 0.15) is 12.0 Å². The first-order valence-electron chi connectivity index (χ1n) is 9.11. The molecular formula is C23H20N2OS2. The molecule has 5 heteroatoms. The Balaban J connectivity index is 1.34. The van der Waals surface area contributed by atoms with Gasteiger partial charge in [0.2, 0.25) is 5.91 Å². The topological polar surface area (TPSA) is 42.0 Å². The summed E-state index contributed by atoms with van der Waals surface area (Å²) in [5, 5.41) is 7.95. The number of hydrogen-bond acceptors (Lipinski definition) is 4. The Bertz CT molecular complexity index is 1100. The predicted molar refractivity (Wildman–Crippen MR) is 120 cm³/mol. The van der Waals surface area contributed by atoms with Crippen LogP contribution in [-0.2, 0) is 4.79 Å². The second-order valence-corrected chi connectivity index (χ2v) is 8.59. The van der Waals surface area contributed by atoms with Gasteiger partial charge in [-0.3, -0.25) is 4.79 Å². The van der Waals surface area contributed by atoms with Crippen LogP contribution in [0.25, 0.3) is 22.0 Å². The standard InChI is InChI=1S/C23H20N2OS2/c1-16-6-10-20(11-7-16)27-13-12-22(26)25-23-24-21(15-28-23)19-9-8-17-4-2-3-5-18(17)14-19/h2-11,14-15H,12-13H2,1H3,(H,24,25,26). The minimum absolute atomic E-state index is 0.000904. The monoisotopic (exact) mass is 404 g/mol. The lowest BCUT2D eigenvalue weighted by atomic mass is 10.1. The van der Waals surface area contributed by atoms with E-state index in [2.05, 4.69) is 71.8 Å². The first-order chi connectivity index (χ1) is 13.7. The molecule has 0 aliphatic rings. The first kappa shape index (κ1) is 18.7. The van der Waals surface area contributed by atoms with Crippen molar-refractivity contribution < 1.29 is 4.79 Å². The van der Waals surface area contributed by atoms with Gasteiger partial charge < -0.3 is 5.32 Å². The van der Waals surface area contributed by atoms with E-state index >= 15 is 0 Å². The fraction of sp³-hybridized carbons (Fsp3) is 0.130. The Morgan fingerprint density at radius 1 is 1.04 bits per heavy atom. The molecule has 28 heavy (non-hydrogen) atoms. The number of anilines is 1. The molecule has 1 amide bonds. The maximum atomic E-state index is 12.2. The van der Waals surface area contributed by atoms with E-state index in [1.165, 1.54) is 32.6 Å². The van der Waals surface area contributed by atoms with Crippen molar-refractivity contribution in [2.45, 2.75) is 18.2 Å². The molecule has 1 heterocycles. The fourth-order valence-electron chi connectivity index (χ4n) is 2.89. The zero-order valence-electron chi connectivity index (χ0n) is 15.5. The van der Waals surface area contributed by atoms with Crippen LogP contribution in [0.15, 0.2) is 77.0 Å². The summed E-state index contributed by atoms with van der Waals surface area (Å²) >= 11 is 3.15. The number of amides is 1. The van der Waals surface area contributed by atoms with E-state index in [9.17, 15) is 4.79 Å². The highest BCUT2D eigenvalue weighted by Crippen LogP contribution is 2.28. The summed E-state index contributed by atoms with van der Waals surface area (Å²) in [6.45, 7) is 2.07. The van der Waals surface area contributed by atoms with Crippen molar-refractivity contribution in [3.05, 3.63) is 77.7 Å². The minimum Gasteiger partial charge on any atom is -0.302 e. The van der Waals surface area contributed by atoms with Crippen LogP contribution in [0, 0.1) is 6.92 Å². The second-order valence-electron chi connectivity index (χ2n) is 6.56. The first-order valence-corrected chi connectivity index (χ1v) is 11.0. The van der Waals surface area contributed by atoms with Crippen molar-refractivity contribution in [2.24, 2.45) is 0 Å². The number of rotatable bonds is 6. The third-order valence-electron chi connectivity index (χ3n) is 4.41. The van der Waals surface area contributed by atoms with Gasteiger partial charge in [0.15, 0.2) is 5.13 Å². The van der Waals surface area contributed by atoms with Gasteiger partial charge in [0.05, 0.1) is 5.69 Å². The normalized spacial score (nSPS) is 10.9. The molecule has 0 unspecified atom stereocenters. The van der Waals surface area contributed by atoms with E-state index in [0.717, 1.165) is 17.0 Å². The molecule has 0 bridgehead atoms. The van der Waals surface area contributed by atoms with E-state index < -0.39 is 0 Å². The molecule has 140 valence electrons. The highest BCUT2D eigenvalue weighted by atomic mass is 32.2. The van der Waals surface area contributed by atoms with Gasteiger partial charge in [0.25, 0.3) is 0 Å². The number of aryl methyl sites for hydroxylation is 1. The number of thioether (sulfide) groups is 1. The maximum Gasteiger partial charge on any atom is 0.226 e. The molecule has 0 radical (unpaired) electrons. The number of hydrogen-bond donors (Lipinski definition) is 1. The van der Waals surface area contributed by atoms with Gasteiger partial charge in [-0.25, -0.2) is 4.98 Å². The Labute approximate surface area is 172 Å². The van der Waals surface area contributed by atoms with Crippen LogP contribution in [0.2, 0.25) is 0 Å². The third-order valence-corrected chi connectivity index (χ3v) is 6.19. The summed E-state index contributed by atoms with van der Waals surface area (Å²) in [6, 6.07) is 22.9. The number of benzene rings is 3. The molecule has 0 saturated carbocycles. The largest absolute Gasteiger partial charge is 0.302 e. The van der Waals surface area contributed by atoms with Crippen molar-refractivity contribution >= 4 is 44.9 Å². The summed E-state index contributed by atoms with van der Waals surface area (Å²) in [5.41, 5.74) is 3.19. The summed E-state index contributed by atoms with van der Waals surface area (Å²) in [6.07, 6.45) is 0.462. The smallest absolute Gasteiger partial charge is 0.226 e. The third kappa shape index (κ3) is 4.61. The van der Waals surface area contributed by atoms with Crippen LogP contribution in [-0.4, -0.2) is 16.6 Å². The van der Waals surface area contributed by atoms with Crippen molar-refractivity contribution in [2.75, 3.05) is 11.1 Å². The van der Waals surface area contributed by atoms with Gasteiger partial charge in [-0.05, 0) is 35.9 Å². The average molecular weight is 405 g/mol. The Kier molecular flexibility index (Phi) is 5.74. The number of aromatic nitrogens is 1. The molecule has 0 spiro atoms. The van der Waals surface area contributed by atoms with Crippen LogP contribution in [0.5, 0.6) is 0 Å². The molecule has 0 fully saturated rings. The van der Waals surface area contributed by atoms with Gasteiger partial charge in [-0.1, -0.05) is 54.1 Å². The predicted octanol–water partition coefficient (Wildman–Crippen LogP) is 6.39. The molecule has 4 aromatic rings. The highest BCUT2D eigenvalue weighted by molar-refractivity contribution is 7.99. The minimum atomic E-state index is -0.000904. The van der Waals surface area contributed by atoms with Gasteiger partial charge in [0, 0.05) is 28.0 Å². The lowest BCUT2D eigenvalue weighted by Gasteiger charge is -2.03. The van der Waals surface area contributed by atoms with E-state index in [0.29, 0.717) is 11.6 Å². The number of fused-ring (bicyclic) bond motifs is 1. The number of carbonyl (C=O) groups excluding carboxylic acids is 1. The van der Waals surface area contributed by atoms with Gasteiger partial charge in [-0.2, -0.15) is 0 Å². The van der Waals surface area contributed by atoms with E-state index in [-0.39, 0.29) is 5.91 Å². The van der Waals surface area contributed by atoms with Crippen LogP contribution in [0.4, 0.5) is 5.13 Å². The molecule has 0 saturated heterocycles.